The fraction of sp³-hybridized carbons (Fsp3) is 0.500. The predicted molar refractivity (Wildman–Crippen MR) is 71.9 cm³/mol. The quantitative estimate of drug-likeness (QED) is 0.902. The number of halogens is 3. The molecule has 1 saturated heterocycles. The molecule has 1 amide bonds. The lowest BCUT2D eigenvalue weighted by Gasteiger charge is -2.27. The lowest BCUT2D eigenvalue weighted by atomic mass is 9.92. The first-order valence-electron chi connectivity index (χ1n) is 6.73. The summed E-state index contributed by atoms with van der Waals surface area (Å²) in [7, 11) is 0. The summed E-state index contributed by atoms with van der Waals surface area (Å²) in [6, 6.07) is 5.55. The SMILES string of the molecule is CC1CC(C(=O)Nc2cccc(OC(F)(F)F)c2)CCN1. The molecule has 21 heavy (non-hydrogen) atoms. The van der Waals surface area contributed by atoms with Crippen LogP contribution in [0.2, 0.25) is 0 Å². The highest BCUT2D eigenvalue weighted by Crippen LogP contribution is 2.26. The Morgan fingerprint density at radius 3 is 2.86 bits per heavy atom. The van der Waals surface area contributed by atoms with E-state index < -0.39 is 6.36 Å². The van der Waals surface area contributed by atoms with E-state index >= 15 is 0 Å². The monoisotopic (exact) mass is 302 g/mol. The molecule has 0 aromatic heterocycles. The molecule has 2 atom stereocenters. The first kappa shape index (κ1) is 15.6. The van der Waals surface area contributed by atoms with E-state index in [1.165, 1.54) is 18.2 Å². The Balaban J connectivity index is 1.99. The van der Waals surface area contributed by atoms with Crippen LogP contribution in [0, 0.1) is 5.92 Å². The number of hydrogen-bond donors (Lipinski definition) is 2. The topological polar surface area (TPSA) is 50.4 Å². The molecule has 1 aromatic carbocycles. The van der Waals surface area contributed by atoms with Gasteiger partial charge >= 0.3 is 6.36 Å². The minimum absolute atomic E-state index is 0.131. The molecule has 1 heterocycles. The Bertz CT molecular complexity index is 505. The first-order valence-corrected chi connectivity index (χ1v) is 6.73. The number of rotatable bonds is 3. The normalized spacial score (nSPS) is 22.7. The highest BCUT2D eigenvalue weighted by atomic mass is 19.4. The number of ether oxygens (including phenoxy) is 1. The summed E-state index contributed by atoms with van der Waals surface area (Å²) in [6.07, 6.45) is -3.31. The van der Waals surface area contributed by atoms with Crippen molar-refractivity contribution in [1.82, 2.24) is 5.32 Å². The summed E-state index contributed by atoms with van der Waals surface area (Å²) in [4.78, 5) is 12.1. The number of hydrogen-bond acceptors (Lipinski definition) is 3. The maximum absolute atomic E-state index is 12.2. The molecule has 0 aliphatic carbocycles. The van der Waals surface area contributed by atoms with Gasteiger partial charge in [0.05, 0.1) is 0 Å². The third-order valence-corrected chi connectivity index (χ3v) is 3.33. The van der Waals surface area contributed by atoms with Crippen LogP contribution in [0.5, 0.6) is 5.75 Å². The van der Waals surface area contributed by atoms with Gasteiger partial charge in [-0.25, -0.2) is 0 Å². The van der Waals surface area contributed by atoms with Crippen LogP contribution in [0.25, 0.3) is 0 Å². The summed E-state index contributed by atoms with van der Waals surface area (Å²) < 4.78 is 40.3. The summed E-state index contributed by atoms with van der Waals surface area (Å²) >= 11 is 0. The van der Waals surface area contributed by atoms with Crippen LogP contribution in [-0.2, 0) is 4.79 Å². The fourth-order valence-electron chi connectivity index (χ4n) is 2.39. The summed E-state index contributed by atoms with van der Waals surface area (Å²) in [5.41, 5.74) is 0.299. The number of amides is 1. The smallest absolute Gasteiger partial charge is 0.406 e. The number of nitrogens with one attached hydrogen (secondary N) is 2. The average molecular weight is 302 g/mol. The second kappa shape index (κ2) is 6.34. The molecule has 2 N–H and O–H groups in total. The van der Waals surface area contributed by atoms with Crippen LogP contribution in [-0.4, -0.2) is 24.9 Å². The van der Waals surface area contributed by atoms with E-state index in [2.05, 4.69) is 15.4 Å². The third kappa shape index (κ3) is 4.93. The van der Waals surface area contributed by atoms with E-state index in [1.807, 2.05) is 6.92 Å². The average Bonchev–Trinajstić information content (AvgIpc) is 2.37. The third-order valence-electron chi connectivity index (χ3n) is 3.33. The number of benzene rings is 1. The van der Waals surface area contributed by atoms with Crippen molar-refractivity contribution in [3.8, 4) is 5.75 Å². The van der Waals surface area contributed by atoms with Crippen molar-refractivity contribution < 1.29 is 22.7 Å². The van der Waals surface area contributed by atoms with E-state index in [4.69, 9.17) is 0 Å². The van der Waals surface area contributed by atoms with Gasteiger partial charge in [-0.05, 0) is 38.4 Å². The van der Waals surface area contributed by atoms with Crippen molar-refractivity contribution in [2.24, 2.45) is 5.92 Å². The minimum Gasteiger partial charge on any atom is -0.406 e. The molecule has 1 aliphatic heterocycles. The molecule has 1 aliphatic rings. The van der Waals surface area contributed by atoms with Gasteiger partial charge in [-0.15, -0.1) is 13.2 Å². The number of anilines is 1. The molecular formula is C14H17F3N2O2. The minimum atomic E-state index is -4.74. The molecule has 7 heteroatoms. The molecule has 1 fully saturated rings. The molecule has 2 rings (SSSR count). The molecular weight excluding hydrogens is 285 g/mol. The largest absolute Gasteiger partial charge is 0.573 e. The molecule has 0 spiro atoms. The van der Waals surface area contributed by atoms with E-state index in [0.717, 1.165) is 19.0 Å². The van der Waals surface area contributed by atoms with Crippen LogP contribution >= 0.6 is 0 Å². The standard InChI is InChI=1S/C14H17F3N2O2/c1-9-7-10(5-6-18-9)13(20)19-11-3-2-4-12(8-11)21-14(15,16)17/h2-4,8-10,18H,5-7H2,1H3,(H,19,20). The molecule has 4 nitrogen and oxygen atoms in total. The van der Waals surface area contributed by atoms with Gasteiger partial charge < -0.3 is 15.4 Å². The molecule has 0 bridgehead atoms. The summed E-state index contributed by atoms with van der Waals surface area (Å²) in [6.45, 7) is 2.76. The predicted octanol–water partition coefficient (Wildman–Crippen LogP) is 2.91. The Morgan fingerprint density at radius 2 is 2.19 bits per heavy atom. The maximum Gasteiger partial charge on any atom is 0.573 e. The Labute approximate surface area is 120 Å². The van der Waals surface area contributed by atoms with E-state index in [-0.39, 0.29) is 23.6 Å². The van der Waals surface area contributed by atoms with Crippen LogP contribution in [0.3, 0.4) is 0 Å². The first-order chi connectivity index (χ1) is 9.83. The highest BCUT2D eigenvalue weighted by Gasteiger charge is 2.31. The second-order valence-corrected chi connectivity index (χ2v) is 5.14. The molecule has 0 saturated carbocycles. The van der Waals surface area contributed by atoms with Gasteiger partial charge in [0.15, 0.2) is 0 Å². The summed E-state index contributed by atoms with van der Waals surface area (Å²) in [5.74, 6) is -0.653. The van der Waals surface area contributed by atoms with E-state index in [1.54, 1.807) is 0 Å². The molecule has 2 unspecified atom stereocenters. The summed E-state index contributed by atoms with van der Waals surface area (Å²) in [5, 5.41) is 5.88. The molecule has 116 valence electrons. The Hall–Kier alpha value is -1.76. The van der Waals surface area contributed by atoms with E-state index in [0.29, 0.717) is 12.1 Å². The zero-order chi connectivity index (χ0) is 15.5. The fourth-order valence-corrected chi connectivity index (χ4v) is 2.39. The van der Waals surface area contributed by atoms with Gasteiger partial charge in [-0.1, -0.05) is 6.07 Å². The zero-order valence-corrected chi connectivity index (χ0v) is 11.5. The van der Waals surface area contributed by atoms with Crippen molar-refractivity contribution in [2.45, 2.75) is 32.2 Å². The van der Waals surface area contributed by atoms with Gasteiger partial charge in [0.2, 0.25) is 5.91 Å². The van der Waals surface area contributed by atoms with Gasteiger partial charge in [0, 0.05) is 23.7 Å². The van der Waals surface area contributed by atoms with Gasteiger partial charge in [-0.2, -0.15) is 0 Å². The van der Waals surface area contributed by atoms with Crippen LogP contribution in [0.4, 0.5) is 18.9 Å². The van der Waals surface area contributed by atoms with Crippen molar-refractivity contribution >= 4 is 11.6 Å². The van der Waals surface area contributed by atoms with Gasteiger partial charge in [0.1, 0.15) is 5.75 Å². The number of alkyl halides is 3. The second-order valence-electron chi connectivity index (χ2n) is 5.14. The Morgan fingerprint density at radius 1 is 1.43 bits per heavy atom. The number of piperidine rings is 1. The lowest BCUT2D eigenvalue weighted by Crippen LogP contribution is -2.40. The lowest BCUT2D eigenvalue weighted by molar-refractivity contribution is -0.274. The number of carbonyl (C=O) groups is 1. The van der Waals surface area contributed by atoms with Crippen LogP contribution in [0.15, 0.2) is 24.3 Å². The van der Waals surface area contributed by atoms with Crippen molar-refractivity contribution in [3.63, 3.8) is 0 Å². The highest BCUT2D eigenvalue weighted by molar-refractivity contribution is 5.92. The maximum atomic E-state index is 12.2. The van der Waals surface area contributed by atoms with Crippen LogP contribution in [0.1, 0.15) is 19.8 Å². The van der Waals surface area contributed by atoms with Crippen molar-refractivity contribution in [2.75, 3.05) is 11.9 Å². The zero-order valence-electron chi connectivity index (χ0n) is 11.5. The molecule has 0 radical (unpaired) electrons. The van der Waals surface area contributed by atoms with E-state index in [9.17, 15) is 18.0 Å². The van der Waals surface area contributed by atoms with Crippen molar-refractivity contribution in [1.29, 1.82) is 0 Å². The Kier molecular flexibility index (Phi) is 4.72. The van der Waals surface area contributed by atoms with Crippen molar-refractivity contribution in [3.05, 3.63) is 24.3 Å². The molecule has 1 aromatic rings. The number of carbonyl (C=O) groups excluding carboxylic acids is 1. The van der Waals surface area contributed by atoms with Gasteiger partial charge in [0.25, 0.3) is 0 Å². The van der Waals surface area contributed by atoms with Crippen LogP contribution < -0.4 is 15.4 Å². The van der Waals surface area contributed by atoms with Gasteiger partial charge in [-0.3, -0.25) is 4.79 Å².